The van der Waals surface area contributed by atoms with E-state index in [0.717, 1.165) is 18.5 Å². The fraction of sp³-hybridized carbons (Fsp3) is 1.00. The van der Waals surface area contributed by atoms with Gasteiger partial charge in [-0.15, -0.1) is 0 Å². The number of nitrogens with zero attached hydrogens (tertiary/aromatic N) is 2. The van der Waals surface area contributed by atoms with Crippen molar-refractivity contribution in [2.75, 3.05) is 33.2 Å². The van der Waals surface area contributed by atoms with Crippen molar-refractivity contribution in [2.24, 2.45) is 11.7 Å². The van der Waals surface area contributed by atoms with Crippen LogP contribution in [0.5, 0.6) is 0 Å². The average molecular weight is 239 g/mol. The zero-order valence-electron chi connectivity index (χ0n) is 11.6. The molecule has 2 aliphatic rings. The van der Waals surface area contributed by atoms with Crippen LogP contribution < -0.4 is 5.73 Å². The van der Waals surface area contributed by atoms with Crippen LogP contribution in [0.4, 0.5) is 0 Å². The molecule has 3 heteroatoms. The Morgan fingerprint density at radius 1 is 1.24 bits per heavy atom. The smallest absolute Gasteiger partial charge is 0.0227 e. The first-order chi connectivity index (χ1) is 8.24. The summed E-state index contributed by atoms with van der Waals surface area (Å²) in [5.41, 5.74) is 6.00. The lowest BCUT2D eigenvalue weighted by Crippen LogP contribution is -2.55. The van der Waals surface area contributed by atoms with E-state index >= 15 is 0 Å². The zero-order valence-corrected chi connectivity index (χ0v) is 11.6. The van der Waals surface area contributed by atoms with E-state index in [1.807, 2.05) is 0 Å². The third kappa shape index (κ3) is 3.21. The molecule has 2 fully saturated rings. The maximum atomic E-state index is 6.00. The van der Waals surface area contributed by atoms with Crippen LogP contribution in [0.1, 0.15) is 39.0 Å². The van der Waals surface area contributed by atoms with Crippen molar-refractivity contribution >= 4 is 0 Å². The van der Waals surface area contributed by atoms with E-state index in [0.29, 0.717) is 6.04 Å². The van der Waals surface area contributed by atoms with Gasteiger partial charge in [0, 0.05) is 25.2 Å². The molecule has 2 aliphatic heterocycles. The van der Waals surface area contributed by atoms with Crippen LogP contribution in [0, 0.1) is 5.92 Å². The number of piperidine rings is 2. The van der Waals surface area contributed by atoms with E-state index in [1.54, 1.807) is 0 Å². The lowest BCUT2D eigenvalue weighted by molar-refractivity contribution is 0.0351. The standard InChI is InChI=1S/C14H29N3/c1-3-12-6-8-17(14(9-12)10-15)13-5-4-7-16(2)11-13/h12-14H,3-11,15H2,1-2H3. The number of nitrogens with two attached hydrogens (primary N) is 1. The van der Waals surface area contributed by atoms with Crippen LogP contribution in [0.3, 0.4) is 0 Å². The monoisotopic (exact) mass is 239 g/mol. The molecule has 0 saturated carbocycles. The summed E-state index contributed by atoms with van der Waals surface area (Å²) >= 11 is 0. The summed E-state index contributed by atoms with van der Waals surface area (Å²) in [5, 5.41) is 0. The first-order valence-electron chi connectivity index (χ1n) is 7.39. The van der Waals surface area contributed by atoms with Crippen LogP contribution >= 0.6 is 0 Å². The quantitative estimate of drug-likeness (QED) is 0.811. The number of likely N-dealkylation sites (tertiary alicyclic amines) is 2. The molecule has 0 amide bonds. The maximum Gasteiger partial charge on any atom is 0.0227 e. The minimum Gasteiger partial charge on any atom is -0.329 e. The SMILES string of the molecule is CCC1CCN(C2CCCN(C)C2)C(CN)C1. The highest BCUT2D eigenvalue weighted by Gasteiger charge is 2.32. The molecule has 100 valence electrons. The largest absolute Gasteiger partial charge is 0.329 e. The van der Waals surface area contributed by atoms with E-state index in [9.17, 15) is 0 Å². The molecule has 2 rings (SSSR count). The lowest BCUT2D eigenvalue weighted by Gasteiger charge is -2.46. The van der Waals surface area contributed by atoms with Gasteiger partial charge in [0.1, 0.15) is 0 Å². The number of rotatable bonds is 3. The Bertz CT molecular complexity index is 232. The Morgan fingerprint density at radius 3 is 2.71 bits per heavy atom. The van der Waals surface area contributed by atoms with Gasteiger partial charge in [-0.2, -0.15) is 0 Å². The van der Waals surface area contributed by atoms with E-state index in [4.69, 9.17) is 5.73 Å². The molecular weight excluding hydrogens is 210 g/mol. The van der Waals surface area contributed by atoms with Crippen molar-refractivity contribution in [2.45, 2.75) is 51.1 Å². The van der Waals surface area contributed by atoms with Crippen molar-refractivity contribution in [1.29, 1.82) is 0 Å². The molecule has 0 aliphatic carbocycles. The summed E-state index contributed by atoms with van der Waals surface area (Å²) in [4.78, 5) is 5.20. The second-order valence-corrected chi connectivity index (χ2v) is 5.98. The molecule has 2 heterocycles. The van der Waals surface area contributed by atoms with Gasteiger partial charge in [0.2, 0.25) is 0 Å². The number of hydrogen-bond donors (Lipinski definition) is 1. The molecule has 0 spiro atoms. The highest BCUT2D eigenvalue weighted by Crippen LogP contribution is 2.28. The lowest BCUT2D eigenvalue weighted by atomic mass is 9.87. The summed E-state index contributed by atoms with van der Waals surface area (Å²) in [6.07, 6.45) is 6.76. The summed E-state index contributed by atoms with van der Waals surface area (Å²) in [6.45, 7) is 6.96. The summed E-state index contributed by atoms with van der Waals surface area (Å²) in [7, 11) is 2.25. The van der Waals surface area contributed by atoms with Crippen molar-refractivity contribution in [3.63, 3.8) is 0 Å². The predicted molar refractivity (Wildman–Crippen MR) is 73.1 cm³/mol. The van der Waals surface area contributed by atoms with Crippen molar-refractivity contribution in [3.05, 3.63) is 0 Å². The molecule has 17 heavy (non-hydrogen) atoms. The van der Waals surface area contributed by atoms with E-state index < -0.39 is 0 Å². The van der Waals surface area contributed by atoms with Gasteiger partial charge in [0.25, 0.3) is 0 Å². The average Bonchev–Trinajstić information content (AvgIpc) is 2.38. The van der Waals surface area contributed by atoms with Gasteiger partial charge in [-0.1, -0.05) is 13.3 Å². The second kappa shape index (κ2) is 6.17. The molecule has 0 radical (unpaired) electrons. The Hall–Kier alpha value is -0.120. The Labute approximate surface area is 106 Å². The highest BCUT2D eigenvalue weighted by atomic mass is 15.2. The molecular formula is C14H29N3. The summed E-state index contributed by atoms with van der Waals surface area (Å²) < 4.78 is 0. The normalized spacial score (nSPS) is 37.2. The van der Waals surface area contributed by atoms with Gasteiger partial charge in [-0.25, -0.2) is 0 Å². The minimum absolute atomic E-state index is 0.644. The molecule has 2 saturated heterocycles. The molecule has 3 atom stereocenters. The third-order valence-corrected chi connectivity index (χ3v) is 4.79. The molecule has 0 bridgehead atoms. The van der Waals surface area contributed by atoms with Gasteiger partial charge < -0.3 is 10.6 Å². The Morgan fingerprint density at radius 2 is 2.06 bits per heavy atom. The fourth-order valence-corrected chi connectivity index (χ4v) is 3.65. The van der Waals surface area contributed by atoms with Crippen LogP contribution in [0.2, 0.25) is 0 Å². The molecule has 0 aromatic heterocycles. The predicted octanol–water partition coefficient (Wildman–Crippen LogP) is 1.53. The van der Waals surface area contributed by atoms with Gasteiger partial charge in [0.15, 0.2) is 0 Å². The van der Waals surface area contributed by atoms with Crippen molar-refractivity contribution < 1.29 is 0 Å². The summed E-state index contributed by atoms with van der Waals surface area (Å²) in [5.74, 6) is 0.918. The molecule has 3 unspecified atom stereocenters. The second-order valence-electron chi connectivity index (χ2n) is 5.98. The third-order valence-electron chi connectivity index (χ3n) is 4.79. The highest BCUT2D eigenvalue weighted by molar-refractivity contribution is 4.89. The van der Waals surface area contributed by atoms with Crippen LogP contribution in [-0.4, -0.2) is 55.1 Å². The topological polar surface area (TPSA) is 32.5 Å². The molecule has 0 aromatic carbocycles. The first-order valence-corrected chi connectivity index (χ1v) is 7.39. The number of likely N-dealkylation sites (N-methyl/N-ethyl adjacent to an activating group) is 1. The van der Waals surface area contributed by atoms with E-state index in [1.165, 1.54) is 51.7 Å². The Kier molecular flexibility index (Phi) is 4.83. The minimum atomic E-state index is 0.644. The molecule has 2 N–H and O–H groups in total. The molecule has 3 nitrogen and oxygen atoms in total. The van der Waals surface area contributed by atoms with Gasteiger partial charge in [0.05, 0.1) is 0 Å². The van der Waals surface area contributed by atoms with Gasteiger partial charge in [-0.05, 0) is 51.7 Å². The van der Waals surface area contributed by atoms with Crippen LogP contribution in [-0.2, 0) is 0 Å². The molecule has 0 aromatic rings. The van der Waals surface area contributed by atoms with Crippen molar-refractivity contribution in [3.8, 4) is 0 Å². The fourth-order valence-electron chi connectivity index (χ4n) is 3.65. The van der Waals surface area contributed by atoms with Gasteiger partial charge in [-0.3, -0.25) is 4.90 Å². The van der Waals surface area contributed by atoms with E-state index in [2.05, 4.69) is 23.8 Å². The van der Waals surface area contributed by atoms with Crippen LogP contribution in [0.25, 0.3) is 0 Å². The van der Waals surface area contributed by atoms with Crippen molar-refractivity contribution in [1.82, 2.24) is 9.80 Å². The number of hydrogen-bond acceptors (Lipinski definition) is 3. The Balaban J connectivity index is 1.94. The van der Waals surface area contributed by atoms with Gasteiger partial charge >= 0.3 is 0 Å². The maximum absolute atomic E-state index is 6.00. The first kappa shape index (κ1) is 13.3. The van der Waals surface area contributed by atoms with Crippen LogP contribution in [0.15, 0.2) is 0 Å². The van der Waals surface area contributed by atoms with E-state index in [-0.39, 0.29) is 0 Å². The zero-order chi connectivity index (χ0) is 12.3. The summed E-state index contributed by atoms with van der Waals surface area (Å²) in [6, 6.07) is 1.41.